The van der Waals surface area contributed by atoms with Gasteiger partial charge in [0.2, 0.25) is 17.7 Å². The Morgan fingerprint density at radius 1 is 0.577 bits per heavy atom. The monoisotopic (exact) mass is 991 g/mol. The van der Waals surface area contributed by atoms with E-state index in [-0.39, 0.29) is 24.3 Å². The van der Waals surface area contributed by atoms with Crippen molar-refractivity contribution in [1.82, 2.24) is 14.7 Å². The second kappa shape index (κ2) is 19.8. The van der Waals surface area contributed by atoms with Crippen molar-refractivity contribution in [3.05, 3.63) is 99.7 Å². The van der Waals surface area contributed by atoms with E-state index in [0.29, 0.717) is 112 Å². The summed E-state index contributed by atoms with van der Waals surface area (Å²) < 4.78 is 62.5. The number of nitrogens with zero attached hydrogens (tertiary/aromatic N) is 5. The molecule has 3 amide bonds. The van der Waals surface area contributed by atoms with E-state index in [4.69, 9.17) is 45.7 Å². The number of phosphoric acid groups is 1. The first-order valence-electron chi connectivity index (χ1n) is 25.1. The first-order chi connectivity index (χ1) is 33.8. The molecule has 0 radical (unpaired) electrons. The van der Waals surface area contributed by atoms with Crippen LogP contribution >= 0.6 is 7.82 Å². The van der Waals surface area contributed by atoms with Gasteiger partial charge in [0.15, 0.2) is 11.4 Å². The number of phosphoric ester groups is 1. The summed E-state index contributed by atoms with van der Waals surface area (Å²) in [6, 6.07) is 14.4. The Labute approximate surface area is 417 Å². The van der Waals surface area contributed by atoms with E-state index < -0.39 is 61.1 Å². The quantitative estimate of drug-likeness (QED) is 0.0766. The normalized spacial score (nSPS) is 26.8. The van der Waals surface area contributed by atoms with E-state index in [1.165, 1.54) is 0 Å². The first-order valence-corrected chi connectivity index (χ1v) is 26.6. The molecule has 3 aromatic carbocycles. The zero-order chi connectivity index (χ0) is 50.5. The van der Waals surface area contributed by atoms with Gasteiger partial charge < -0.3 is 33.6 Å². The number of carbonyl (C=O) groups excluding carboxylic acids is 3. The zero-order valence-electron chi connectivity index (χ0n) is 41.9. The van der Waals surface area contributed by atoms with Gasteiger partial charge in [0.1, 0.15) is 52.4 Å². The van der Waals surface area contributed by atoms with Gasteiger partial charge in [-0.05, 0) is 111 Å². The fourth-order valence-electron chi connectivity index (χ4n) is 11.4. The van der Waals surface area contributed by atoms with Crippen LogP contribution in [0.25, 0.3) is 9.69 Å². The molecule has 3 saturated heterocycles. The van der Waals surface area contributed by atoms with E-state index in [2.05, 4.69) is 9.69 Å². The van der Waals surface area contributed by atoms with Crippen LogP contribution in [0.15, 0.2) is 54.6 Å². The average Bonchev–Trinajstić information content (AvgIpc) is 4.08. The lowest BCUT2D eigenvalue weighted by Crippen LogP contribution is -2.56. The SMILES string of the molecule is [C-]#[N+]c1ccc2c(c1)[C@@H](N1CCCC1=O)C(OCCCCCCOP(=O)(OC1[C@H](N3CCCC3=O)c3cc(C)ccc3OC1(C)C)O[C@H]1[C@H](N3CCCC3=O)c3cc([N+]#[C-])ccc3OC1(C)C)C(C)(C)O2. The Morgan fingerprint density at radius 2 is 0.972 bits per heavy atom. The van der Waals surface area contributed by atoms with Gasteiger partial charge in [0.05, 0.1) is 37.9 Å². The average molecular weight is 992 g/mol. The highest BCUT2D eigenvalue weighted by Crippen LogP contribution is 2.61. The smallest absolute Gasteiger partial charge is 0.475 e. The number of fused-ring (bicyclic) bond motifs is 3. The number of hydrogen-bond donors (Lipinski definition) is 0. The highest BCUT2D eigenvalue weighted by molar-refractivity contribution is 7.48. The summed E-state index contributed by atoms with van der Waals surface area (Å²) in [6.07, 6.45) is 3.15. The number of aryl methyl sites for hydroxylation is 1. The molecule has 0 aromatic heterocycles. The molecule has 6 aliphatic rings. The number of ether oxygens (including phenoxy) is 4. The van der Waals surface area contributed by atoms with Gasteiger partial charge >= 0.3 is 7.82 Å². The fraction of sp³-hybridized carbons (Fsp3) is 0.574. The molecule has 17 heteroatoms. The molecule has 9 rings (SSSR count). The summed E-state index contributed by atoms with van der Waals surface area (Å²) in [4.78, 5) is 53.3. The fourth-order valence-corrected chi connectivity index (χ4v) is 13.2. The van der Waals surface area contributed by atoms with Crippen LogP contribution in [-0.2, 0) is 37.3 Å². The topological polar surface area (TPSA) is 151 Å². The van der Waals surface area contributed by atoms with Crippen LogP contribution < -0.4 is 14.2 Å². The largest absolute Gasteiger partial charge is 0.485 e. The van der Waals surface area contributed by atoms with E-state index in [1.807, 2.05) is 83.7 Å². The molecule has 6 heterocycles. The van der Waals surface area contributed by atoms with Crippen molar-refractivity contribution in [1.29, 1.82) is 0 Å². The first kappa shape index (κ1) is 50.5. The Kier molecular flexibility index (Phi) is 14.1. The number of hydrogen-bond acceptors (Lipinski definition) is 11. The molecular weight excluding hydrogens is 926 g/mol. The number of likely N-dealkylation sites (tertiary alicyclic amines) is 3. The lowest BCUT2D eigenvalue weighted by Gasteiger charge is -2.50. The van der Waals surface area contributed by atoms with Crippen LogP contribution in [0.5, 0.6) is 17.2 Å². The van der Waals surface area contributed by atoms with Gasteiger partial charge in [-0.15, -0.1) is 0 Å². The number of carbonyl (C=O) groups is 3. The van der Waals surface area contributed by atoms with Gasteiger partial charge in [-0.3, -0.25) is 28.0 Å². The standard InChI is InChI=1S/C54H66N5O11P/c1-34-20-23-40-37(31-34)47(58-27-15-18-44(58)61)50(53(4,5)67-40)69-71(63,70-51-48(59-28-16-19-45(59)62)39-33-36(56-9)22-25-42(39)68-54(51,6)7)65-30-13-11-10-12-29-64-49-46(57-26-14-17-43(57)60)38-32-35(55-8)21-24-41(38)66-52(49,2)3/h20-25,31-33,46-51H,10-19,26-30H2,1-7H3/t46-,47-,48-,49?,50?,51+,71?/m1/s1. The molecule has 6 aliphatic heterocycles. The van der Waals surface area contributed by atoms with Crippen molar-refractivity contribution >= 4 is 36.9 Å². The highest BCUT2D eigenvalue weighted by atomic mass is 31.2. The second-order valence-corrected chi connectivity index (χ2v) is 22.8. The molecule has 71 heavy (non-hydrogen) atoms. The molecule has 0 saturated carbocycles. The minimum absolute atomic E-state index is 0.0161. The number of amides is 3. The molecular formula is C54H66N5O11P. The zero-order valence-corrected chi connectivity index (χ0v) is 42.8. The summed E-state index contributed by atoms with van der Waals surface area (Å²) in [6.45, 7) is 30.6. The number of benzene rings is 3. The van der Waals surface area contributed by atoms with Crippen molar-refractivity contribution in [3.63, 3.8) is 0 Å². The van der Waals surface area contributed by atoms with Crippen molar-refractivity contribution in [2.45, 2.75) is 166 Å². The Balaban J connectivity index is 0.958. The van der Waals surface area contributed by atoms with Crippen LogP contribution in [0.1, 0.15) is 146 Å². The molecule has 3 fully saturated rings. The summed E-state index contributed by atoms with van der Waals surface area (Å²) in [5.74, 6) is 1.66. The van der Waals surface area contributed by atoms with Crippen LogP contribution in [-0.4, -0.2) is 100 Å². The van der Waals surface area contributed by atoms with Gasteiger partial charge in [-0.1, -0.05) is 42.7 Å². The summed E-state index contributed by atoms with van der Waals surface area (Å²) in [5, 5.41) is 0. The Morgan fingerprint density at radius 3 is 1.39 bits per heavy atom. The van der Waals surface area contributed by atoms with Crippen molar-refractivity contribution in [3.8, 4) is 17.2 Å². The van der Waals surface area contributed by atoms with Gasteiger partial charge in [-0.2, -0.15) is 0 Å². The van der Waals surface area contributed by atoms with E-state index >= 15 is 4.57 Å². The summed E-state index contributed by atoms with van der Waals surface area (Å²) >= 11 is 0. The third kappa shape index (κ3) is 10.0. The van der Waals surface area contributed by atoms with Crippen LogP contribution in [0.2, 0.25) is 0 Å². The van der Waals surface area contributed by atoms with Crippen LogP contribution in [0.3, 0.4) is 0 Å². The van der Waals surface area contributed by atoms with E-state index in [1.54, 1.807) is 34.1 Å². The maximum atomic E-state index is 16.0. The van der Waals surface area contributed by atoms with E-state index in [9.17, 15) is 14.4 Å². The second-order valence-electron chi connectivity index (χ2n) is 21.3. The van der Waals surface area contributed by atoms with Crippen LogP contribution in [0.4, 0.5) is 11.4 Å². The predicted molar refractivity (Wildman–Crippen MR) is 263 cm³/mol. The minimum atomic E-state index is -4.70. The predicted octanol–water partition coefficient (Wildman–Crippen LogP) is 10.8. The molecule has 7 atom stereocenters. The van der Waals surface area contributed by atoms with Crippen molar-refractivity contribution in [2.24, 2.45) is 0 Å². The molecule has 0 aliphatic carbocycles. The van der Waals surface area contributed by atoms with E-state index in [0.717, 1.165) is 29.5 Å². The molecule has 16 nitrogen and oxygen atoms in total. The third-order valence-electron chi connectivity index (χ3n) is 14.8. The number of rotatable bonds is 16. The molecule has 0 bridgehead atoms. The lowest BCUT2D eigenvalue weighted by atomic mass is 9.85. The van der Waals surface area contributed by atoms with Gasteiger partial charge in [0, 0.05) is 62.2 Å². The maximum Gasteiger partial charge on any atom is 0.475 e. The maximum absolute atomic E-state index is 16.0. The molecule has 3 aromatic rings. The molecule has 378 valence electrons. The molecule has 0 N–H and O–H groups in total. The van der Waals surface area contributed by atoms with Crippen LogP contribution in [0, 0.1) is 20.1 Å². The van der Waals surface area contributed by atoms with Crippen molar-refractivity contribution in [2.75, 3.05) is 32.8 Å². The summed E-state index contributed by atoms with van der Waals surface area (Å²) in [5.41, 5.74) is 0.775. The number of unbranched alkanes of at least 4 members (excludes halogenated alkanes) is 3. The molecule has 3 unspecified atom stereocenters. The summed E-state index contributed by atoms with van der Waals surface area (Å²) in [7, 11) is -4.70. The third-order valence-corrected chi connectivity index (χ3v) is 16.3. The van der Waals surface area contributed by atoms with Gasteiger partial charge in [0.25, 0.3) is 0 Å². The Bertz CT molecular complexity index is 2690. The van der Waals surface area contributed by atoms with Gasteiger partial charge in [-0.25, -0.2) is 14.3 Å². The highest BCUT2D eigenvalue weighted by Gasteiger charge is 2.57. The molecule has 0 spiro atoms. The minimum Gasteiger partial charge on any atom is -0.485 e. The Hall–Kier alpha value is -5.48. The lowest BCUT2D eigenvalue weighted by molar-refractivity contribution is -0.149. The van der Waals surface area contributed by atoms with Crippen molar-refractivity contribution < 1.29 is 51.5 Å².